The second-order valence-corrected chi connectivity index (χ2v) is 4.15. The summed E-state index contributed by atoms with van der Waals surface area (Å²) in [6, 6.07) is -0.563. The molecule has 0 saturated carbocycles. The van der Waals surface area contributed by atoms with Gasteiger partial charge >= 0.3 is 6.18 Å². The molecule has 0 radical (unpaired) electrons. The molecule has 0 aromatic carbocycles. The summed E-state index contributed by atoms with van der Waals surface area (Å²) in [5.74, 6) is -2.37. The topological polar surface area (TPSA) is 20.3 Å². The number of hydrogen-bond donors (Lipinski definition) is 0. The molecule has 14 heavy (non-hydrogen) atoms. The molecule has 0 N–H and O–H groups in total. The summed E-state index contributed by atoms with van der Waals surface area (Å²) in [5, 5.41) is 0. The third-order valence-corrected chi connectivity index (χ3v) is 3.42. The van der Waals surface area contributed by atoms with E-state index in [1.54, 1.807) is 11.9 Å². The van der Waals surface area contributed by atoms with Gasteiger partial charge in [0.15, 0.2) is 0 Å². The average molecular weight is 207 g/mol. The van der Waals surface area contributed by atoms with Gasteiger partial charge in [-0.05, 0) is 19.9 Å². The van der Waals surface area contributed by atoms with Gasteiger partial charge in [0.05, 0.1) is 0 Å². The predicted octanol–water partition coefficient (Wildman–Crippen LogP) is 1.60. The summed E-state index contributed by atoms with van der Waals surface area (Å²) >= 11 is 0. The van der Waals surface area contributed by atoms with Crippen molar-refractivity contribution in [3.8, 4) is 0 Å². The predicted molar refractivity (Wildman–Crippen MR) is 43.7 cm³/mol. The van der Waals surface area contributed by atoms with Crippen molar-refractivity contribution in [1.29, 1.82) is 0 Å². The fourth-order valence-corrected chi connectivity index (χ4v) is 2.66. The van der Waals surface area contributed by atoms with Crippen LogP contribution in [0.1, 0.15) is 19.3 Å². The van der Waals surface area contributed by atoms with Crippen LogP contribution in [0.3, 0.4) is 0 Å². The minimum Gasteiger partial charge on any atom is -0.299 e. The van der Waals surface area contributed by atoms with E-state index in [-0.39, 0.29) is 12.5 Å². The van der Waals surface area contributed by atoms with Crippen LogP contribution in [0.4, 0.5) is 13.2 Å². The standard InChI is InChI=1S/C9H12F3NO/c1-13-5-2-3-6(13)8(7(14)4-5)9(10,11)12/h5-6,8H,2-4H2,1H3. The first-order valence-electron chi connectivity index (χ1n) is 4.72. The van der Waals surface area contributed by atoms with E-state index >= 15 is 0 Å². The van der Waals surface area contributed by atoms with Crippen molar-refractivity contribution in [1.82, 2.24) is 4.90 Å². The molecular formula is C9H12F3NO. The quantitative estimate of drug-likeness (QED) is 0.601. The highest BCUT2D eigenvalue weighted by molar-refractivity contribution is 5.84. The normalized spacial score (nSPS) is 39.1. The van der Waals surface area contributed by atoms with E-state index in [0.29, 0.717) is 6.42 Å². The maximum absolute atomic E-state index is 12.6. The van der Waals surface area contributed by atoms with Crippen LogP contribution in [0.25, 0.3) is 0 Å². The molecule has 3 atom stereocenters. The van der Waals surface area contributed by atoms with E-state index in [4.69, 9.17) is 0 Å². The van der Waals surface area contributed by atoms with E-state index in [1.807, 2.05) is 0 Å². The molecule has 2 heterocycles. The zero-order valence-corrected chi connectivity index (χ0v) is 7.84. The van der Waals surface area contributed by atoms with E-state index in [0.717, 1.165) is 6.42 Å². The second kappa shape index (κ2) is 2.95. The Kier molecular flexibility index (Phi) is 2.10. The van der Waals surface area contributed by atoms with Crippen molar-refractivity contribution in [3.63, 3.8) is 0 Å². The summed E-state index contributed by atoms with van der Waals surface area (Å²) in [5.41, 5.74) is 0. The van der Waals surface area contributed by atoms with E-state index < -0.39 is 23.9 Å². The Morgan fingerprint density at radius 2 is 2.00 bits per heavy atom. The number of rotatable bonds is 0. The number of carbonyl (C=O) groups is 1. The third-order valence-electron chi connectivity index (χ3n) is 3.42. The molecule has 0 amide bonds. The van der Waals surface area contributed by atoms with Crippen LogP contribution in [-0.2, 0) is 4.79 Å². The Morgan fingerprint density at radius 1 is 1.36 bits per heavy atom. The van der Waals surface area contributed by atoms with Crippen molar-refractivity contribution in [2.75, 3.05) is 7.05 Å². The number of hydrogen-bond acceptors (Lipinski definition) is 2. The smallest absolute Gasteiger partial charge is 0.299 e. The average Bonchev–Trinajstić information content (AvgIpc) is 2.32. The molecule has 0 aliphatic carbocycles. The Hall–Kier alpha value is -0.580. The lowest BCUT2D eigenvalue weighted by molar-refractivity contribution is -0.197. The van der Waals surface area contributed by atoms with Crippen molar-refractivity contribution in [2.45, 2.75) is 37.5 Å². The lowest BCUT2D eigenvalue weighted by atomic mass is 9.89. The van der Waals surface area contributed by atoms with Gasteiger partial charge in [-0.3, -0.25) is 9.69 Å². The molecule has 5 heteroatoms. The number of ketones is 1. The largest absolute Gasteiger partial charge is 0.400 e. The monoisotopic (exact) mass is 207 g/mol. The minimum absolute atomic E-state index is 0.0473. The molecular weight excluding hydrogens is 195 g/mol. The summed E-state index contributed by atoms with van der Waals surface area (Å²) in [6.45, 7) is 0. The fourth-order valence-electron chi connectivity index (χ4n) is 2.66. The SMILES string of the molecule is CN1C2CCC1C(C(F)(F)F)C(=O)C2. The van der Waals surface area contributed by atoms with Crippen molar-refractivity contribution in [3.05, 3.63) is 0 Å². The maximum atomic E-state index is 12.6. The van der Waals surface area contributed by atoms with E-state index in [9.17, 15) is 18.0 Å². The number of piperidine rings is 1. The van der Waals surface area contributed by atoms with Gasteiger partial charge < -0.3 is 0 Å². The van der Waals surface area contributed by atoms with Gasteiger partial charge in [0.1, 0.15) is 11.7 Å². The van der Waals surface area contributed by atoms with Crippen LogP contribution < -0.4 is 0 Å². The van der Waals surface area contributed by atoms with Crippen LogP contribution >= 0.6 is 0 Å². The minimum atomic E-state index is -4.37. The summed E-state index contributed by atoms with van der Waals surface area (Å²) in [7, 11) is 1.69. The van der Waals surface area contributed by atoms with Crippen LogP contribution in [0.5, 0.6) is 0 Å². The number of nitrogens with zero attached hydrogens (tertiary/aromatic N) is 1. The van der Waals surface area contributed by atoms with Gasteiger partial charge in [0.2, 0.25) is 0 Å². The summed E-state index contributed by atoms with van der Waals surface area (Å²) < 4.78 is 37.7. The van der Waals surface area contributed by atoms with Crippen molar-refractivity contribution in [2.24, 2.45) is 5.92 Å². The molecule has 2 fully saturated rings. The molecule has 2 saturated heterocycles. The third kappa shape index (κ3) is 1.34. The van der Waals surface area contributed by atoms with Gasteiger partial charge in [-0.2, -0.15) is 13.2 Å². The van der Waals surface area contributed by atoms with E-state index in [1.165, 1.54) is 0 Å². The van der Waals surface area contributed by atoms with Gasteiger partial charge in [0.25, 0.3) is 0 Å². The Labute approximate surface area is 80.1 Å². The molecule has 0 spiro atoms. The highest BCUT2D eigenvalue weighted by atomic mass is 19.4. The Morgan fingerprint density at radius 3 is 2.57 bits per heavy atom. The van der Waals surface area contributed by atoms with Crippen LogP contribution in [0.15, 0.2) is 0 Å². The van der Waals surface area contributed by atoms with Crippen LogP contribution in [0.2, 0.25) is 0 Å². The number of halogens is 3. The highest BCUT2D eigenvalue weighted by Crippen LogP contribution is 2.43. The van der Waals surface area contributed by atoms with Crippen LogP contribution in [-0.4, -0.2) is 36.0 Å². The fraction of sp³-hybridized carbons (Fsp3) is 0.889. The van der Waals surface area contributed by atoms with Crippen molar-refractivity contribution >= 4 is 5.78 Å². The summed E-state index contributed by atoms with van der Waals surface area (Å²) in [4.78, 5) is 13.0. The highest BCUT2D eigenvalue weighted by Gasteiger charge is 2.56. The van der Waals surface area contributed by atoms with Crippen molar-refractivity contribution < 1.29 is 18.0 Å². The van der Waals surface area contributed by atoms with Gasteiger partial charge in [-0.1, -0.05) is 0 Å². The van der Waals surface area contributed by atoms with Crippen LogP contribution in [0, 0.1) is 5.92 Å². The van der Waals surface area contributed by atoms with Gasteiger partial charge in [-0.15, -0.1) is 0 Å². The zero-order chi connectivity index (χ0) is 10.5. The number of fused-ring (bicyclic) bond motifs is 2. The molecule has 3 unspecified atom stereocenters. The summed E-state index contributed by atoms with van der Waals surface area (Å²) in [6.07, 6.45) is -3.08. The Bertz CT molecular complexity index is 263. The first-order chi connectivity index (χ1) is 6.41. The molecule has 0 aromatic heterocycles. The lowest BCUT2D eigenvalue weighted by Crippen LogP contribution is -2.52. The number of alkyl halides is 3. The first kappa shape index (κ1) is 9.96. The number of Topliss-reactive ketones (excluding diaryl/α,β-unsaturated/α-hetero) is 1. The molecule has 2 aliphatic rings. The van der Waals surface area contributed by atoms with Gasteiger partial charge in [-0.25, -0.2) is 0 Å². The van der Waals surface area contributed by atoms with E-state index in [2.05, 4.69) is 0 Å². The second-order valence-electron chi connectivity index (χ2n) is 4.15. The molecule has 2 rings (SSSR count). The maximum Gasteiger partial charge on any atom is 0.400 e. The lowest BCUT2D eigenvalue weighted by Gasteiger charge is -2.37. The Balaban J connectivity index is 2.27. The molecule has 2 aliphatic heterocycles. The molecule has 0 aromatic rings. The first-order valence-corrected chi connectivity index (χ1v) is 4.72. The van der Waals surface area contributed by atoms with Gasteiger partial charge in [0, 0.05) is 18.5 Å². The number of carbonyl (C=O) groups excluding carboxylic acids is 1. The molecule has 2 nitrogen and oxygen atoms in total. The molecule has 80 valence electrons. The molecule has 2 bridgehead atoms. The zero-order valence-electron chi connectivity index (χ0n) is 7.84.